The molecule has 0 aliphatic carbocycles. The first-order chi connectivity index (χ1) is 14.7. The van der Waals surface area contributed by atoms with Gasteiger partial charge in [-0.25, -0.2) is 0 Å². The first kappa shape index (κ1) is 20.5. The van der Waals surface area contributed by atoms with E-state index in [1.807, 2.05) is 0 Å². The normalized spacial score (nSPS) is 16.2. The van der Waals surface area contributed by atoms with Crippen LogP contribution in [0.4, 0.5) is 28.9 Å². The first-order valence-corrected chi connectivity index (χ1v) is 9.03. The van der Waals surface area contributed by atoms with E-state index in [0.29, 0.717) is 0 Å². The molecule has 3 aromatic rings. The van der Waals surface area contributed by atoms with Crippen LogP contribution >= 0.6 is 0 Å². The lowest BCUT2D eigenvalue weighted by atomic mass is 10.1. The van der Waals surface area contributed by atoms with Gasteiger partial charge in [0, 0.05) is 24.1 Å². The monoisotopic (exact) mass is 433 g/mol. The Morgan fingerprint density at radius 2 is 1.90 bits per heavy atom. The van der Waals surface area contributed by atoms with Crippen molar-refractivity contribution in [1.29, 1.82) is 0 Å². The minimum atomic E-state index is -4.53. The maximum Gasteiger partial charge on any atom is 0.416 e. The fourth-order valence-corrected chi connectivity index (χ4v) is 3.36. The smallest absolute Gasteiger partial charge is 0.320 e. The number of nitrogens with one attached hydrogen (secondary N) is 1. The molecule has 0 unspecified atom stereocenters. The standard InChI is InChI=1S/C20H15F4N5O2/c21-15-8-14(27-18(30)11-2-1-7-26-9-11)17-19(31)28(10-16(25)29(15)17)13-5-3-12(4-6-13)20(22,23)24/h1-9,16H,10,25H2,(H,27,30)/t16-/m1/s1. The predicted octanol–water partition coefficient (Wildman–Crippen LogP) is 3.41. The average Bonchev–Trinajstić information content (AvgIpc) is 3.07. The third-order valence-electron chi connectivity index (χ3n) is 4.82. The van der Waals surface area contributed by atoms with Crippen molar-refractivity contribution in [2.24, 2.45) is 5.73 Å². The van der Waals surface area contributed by atoms with Gasteiger partial charge in [0.1, 0.15) is 11.9 Å². The summed E-state index contributed by atoms with van der Waals surface area (Å²) in [6, 6.07) is 7.95. The zero-order chi connectivity index (χ0) is 22.3. The van der Waals surface area contributed by atoms with Crippen molar-refractivity contribution in [3.8, 4) is 0 Å². The number of nitrogens with two attached hydrogens (primary N) is 1. The van der Waals surface area contributed by atoms with Gasteiger partial charge in [-0.3, -0.25) is 19.1 Å². The third kappa shape index (κ3) is 3.75. The fourth-order valence-electron chi connectivity index (χ4n) is 3.36. The van der Waals surface area contributed by atoms with Crippen LogP contribution in [0.25, 0.3) is 0 Å². The van der Waals surface area contributed by atoms with Crippen LogP contribution in [0.5, 0.6) is 0 Å². The van der Waals surface area contributed by atoms with Crippen molar-refractivity contribution in [1.82, 2.24) is 9.55 Å². The number of amides is 2. The Kier molecular flexibility index (Phi) is 4.97. The van der Waals surface area contributed by atoms with Gasteiger partial charge in [0.15, 0.2) is 5.95 Å². The van der Waals surface area contributed by atoms with Crippen LogP contribution in [0.15, 0.2) is 54.9 Å². The number of pyridine rings is 1. The van der Waals surface area contributed by atoms with Crippen molar-refractivity contribution < 1.29 is 27.2 Å². The zero-order valence-electron chi connectivity index (χ0n) is 15.7. The summed E-state index contributed by atoms with van der Waals surface area (Å²) in [5, 5.41) is 2.47. The second kappa shape index (κ2) is 7.51. The number of anilines is 2. The van der Waals surface area contributed by atoms with E-state index in [0.717, 1.165) is 39.8 Å². The van der Waals surface area contributed by atoms with Crippen LogP contribution in [0.1, 0.15) is 32.6 Å². The van der Waals surface area contributed by atoms with E-state index in [-0.39, 0.29) is 29.2 Å². The first-order valence-electron chi connectivity index (χ1n) is 9.03. The summed E-state index contributed by atoms with van der Waals surface area (Å²) in [5.74, 6) is -2.16. The highest BCUT2D eigenvalue weighted by Gasteiger charge is 2.36. The Hall–Kier alpha value is -3.73. The number of hydrogen-bond donors (Lipinski definition) is 2. The quantitative estimate of drug-likeness (QED) is 0.619. The zero-order valence-corrected chi connectivity index (χ0v) is 15.7. The van der Waals surface area contributed by atoms with Gasteiger partial charge in [-0.15, -0.1) is 0 Å². The lowest BCUT2D eigenvalue weighted by Crippen LogP contribution is -2.46. The molecule has 1 aliphatic rings. The van der Waals surface area contributed by atoms with Crippen molar-refractivity contribution in [3.05, 3.63) is 77.6 Å². The summed E-state index contributed by atoms with van der Waals surface area (Å²) in [4.78, 5) is 30.5. The van der Waals surface area contributed by atoms with Gasteiger partial charge in [0.2, 0.25) is 0 Å². The molecule has 1 aliphatic heterocycles. The molecule has 0 fully saturated rings. The molecule has 2 amide bonds. The topological polar surface area (TPSA) is 93.2 Å². The number of aromatic nitrogens is 2. The van der Waals surface area contributed by atoms with E-state index in [9.17, 15) is 27.2 Å². The predicted molar refractivity (Wildman–Crippen MR) is 103 cm³/mol. The molecule has 31 heavy (non-hydrogen) atoms. The summed E-state index contributed by atoms with van der Waals surface area (Å²) in [6.07, 6.45) is -2.76. The number of rotatable bonds is 3. The molecule has 3 N–H and O–H groups in total. The van der Waals surface area contributed by atoms with Gasteiger partial charge >= 0.3 is 6.18 Å². The van der Waals surface area contributed by atoms with Gasteiger partial charge < -0.3 is 16.0 Å². The van der Waals surface area contributed by atoms with Crippen molar-refractivity contribution >= 4 is 23.2 Å². The Bertz CT molecular complexity index is 1140. The summed E-state index contributed by atoms with van der Waals surface area (Å²) in [6.45, 7) is -0.168. The largest absolute Gasteiger partial charge is 0.416 e. The molecule has 0 saturated heterocycles. The number of carbonyl (C=O) groups is 2. The number of nitrogens with zero attached hydrogens (tertiary/aromatic N) is 3. The molecule has 0 radical (unpaired) electrons. The van der Waals surface area contributed by atoms with Gasteiger partial charge in [-0.1, -0.05) is 0 Å². The minimum absolute atomic E-state index is 0.108. The molecule has 0 saturated carbocycles. The number of fused-ring (bicyclic) bond motifs is 1. The highest BCUT2D eigenvalue weighted by atomic mass is 19.4. The maximum atomic E-state index is 14.5. The molecule has 1 aromatic carbocycles. The van der Waals surface area contributed by atoms with E-state index >= 15 is 0 Å². The van der Waals surface area contributed by atoms with E-state index in [1.54, 1.807) is 0 Å². The molecule has 160 valence electrons. The Balaban J connectivity index is 1.68. The maximum absolute atomic E-state index is 14.5. The molecule has 2 aromatic heterocycles. The van der Waals surface area contributed by atoms with Gasteiger partial charge in [-0.2, -0.15) is 17.6 Å². The number of alkyl halides is 3. The molecule has 11 heteroatoms. The summed E-state index contributed by atoms with van der Waals surface area (Å²) >= 11 is 0. The average molecular weight is 433 g/mol. The van der Waals surface area contributed by atoms with E-state index < -0.39 is 35.7 Å². The molecular formula is C20H15F4N5O2. The molecular weight excluding hydrogens is 418 g/mol. The Labute approximate surface area is 173 Å². The highest BCUT2D eigenvalue weighted by Crippen LogP contribution is 2.34. The van der Waals surface area contributed by atoms with Crippen LogP contribution in [0, 0.1) is 5.95 Å². The SMILES string of the molecule is N[C@H]1CN(c2ccc(C(F)(F)F)cc2)C(=O)c2c(NC(=O)c3cccnc3)cc(F)n21. The van der Waals surface area contributed by atoms with Crippen LogP contribution < -0.4 is 16.0 Å². The summed E-state index contributed by atoms with van der Waals surface area (Å²) in [7, 11) is 0. The van der Waals surface area contributed by atoms with Crippen molar-refractivity contribution in [2.45, 2.75) is 12.3 Å². The molecule has 3 heterocycles. The lowest BCUT2D eigenvalue weighted by molar-refractivity contribution is -0.137. The molecule has 1 atom stereocenters. The molecule has 7 nitrogen and oxygen atoms in total. The molecule has 0 bridgehead atoms. The Morgan fingerprint density at radius 3 is 2.52 bits per heavy atom. The van der Waals surface area contributed by atoms with E-state index in [4.69, 9.17) is 5.73 Å². The number of carbonyl (C=O) groups excluding carboxylic acids is 2. The lowest BCUT2D eigenvalue weighted by Gasteiger charge is -2.33. The van der Waals surface area contributed by atoms with Gasteiger partial charge in [0.25, 0.3) is 11.8 Å². The van der Waals surface area contributed by atoms with Gasteiger partial charge in [-0.05, 0) is 36.4 Å². The minimum Gasteiger partial charge on any atom is -0.320 e. The third-order valence-corrected chi connectivity index (χ3v) is 4.82. The van der Waals surface area contributed by atoms with E-state index in [2.05, 4.69) is 10.3 Å². The van der Waals surface area contributed by atoms with Crippen LogP contribution in [-0.4, -0.2) is 27.9 Å². The van der Waals surface area contributed by atoms with Crippen molar-refractivity contribution in [3.63, 3.8) is 0 Å². The van der Waals surface area contributed by atoms with Crippen LogP contribution in [0.2, 0.25) is 0 Å². The van der Waals surface area contributed by atoms with Gasteiger partial charge in [0.05, 0.1) is 23.4 Å². The fraction of sp³-hybridized carbons (Fsp3) is 0.150. The Morgan fingerprint density at radius 1 is 1.19 bits per heavy atom. The number of benzene rings is 1. The van der Waals surface area contributed by atoms with Crippen LogP contribution in [-0.2, 0) is 6.18 Å². The van der Waals surface area contributed by atoms with E-state index in [1.165, 1.54) is 24.5 Å². The molecule has 0 spiro atoms. The second-order valence-electron chi connectivity index (χ2n) is 6.82. The summed E-state index contributed by atoms with van der Waals surface area (Å²) in [5.41, 5.74) is 5.17. The number of halogens is 4. The van der Waals surface area contributed by atoms with Crippen molar-refractivity contribution in [2.75, 3.05) is 16.8 Å². The highest BCUT2D eigenvalue weighted by molar-refractivity contribution is 6.13. The van der Waals surface area contributed by atoms with Crippen LogP contribution in [0.3, 0.4) is 0 Å². The number of hydrogen-bond acceptors (Lipinski definition) is 4. The second-order valence-corrected chi connectivity index (χ2v) is 6.82. The molecule has 4 rings (SSSR count). The summed E-state index contributed by atoms with van der Waals surface area (Å²) < 4.78 is 53.9.